The first-order valence-electron chi connectivity index (χ1n) is 9.05. The summed E-state index contributed by atoms with van der Waals surface area (Å²) in [6.07, 6.45) is 1.79. The van der Waals surface area contributed by atoms with Gasteiger partial charge in [-0.1, -0.05) is 17.7 Å². The highest BCUT2D eigenvalue weighted by Crippen LogP contribution is 2.21. The summed E-state index contributed by atoms with van der Waals surface area (Å²) in [4.78, 5) is 12.4. The number of nitrogens with one attached hydrogen (secondary N) is 1. The van der Waals surface area contributed by atoms with E-state index in [1.807, 2.05) is 31.2 Å². The zero-order valence-corrected chi connectivity index (χ0v) is 16.2. The van der Waals surface area contributed by atoms with Crippen molar-refractivity contribution in [1.29, 1.82) is 0 Å². The van der Waals surface area contributed by atoms with Crippen molar-refractivity contribution < 1.29 is 17.9 Å². The lowest BCUT2D eigenvalue weighted by atomic mass is 10.2. The highest BCUT2D eigenvalue weighted by molar-refractivity contribution is 7.89. The van der Waals surface area contributed by atoms with Crippen LogP contribution in [0, 0.1) is 6.92 Å². The van der Waals surface area contributed by atoms with Gasteiger partial charge >= 0.3 is 0 Å². The lowest BCUT2D eigenvalue weighted by Gasteiger charge is -2.15. The highest BCUT2D eigenvalue weighted by Gasteiger charge is 2.27. The van der Waals surface area contributed by atoms with Crippen LogP contribution < -0.4 is 10.1 Å². The molecule has 1 saturated heterocycles. The predicted molar refractivity (Wildman–Crippen MR) is 103 cm³/mol. The van der Waals surface area contributed by atoms with Crippen LogP contribution in [0.3, 0.4) is 0 Å². The Morgan fingerprint density at radius 3 is 2.30 bits per heavy atom. The van der Waals surface area contributed by atoms with E-state index in [-0.39, 0.29) is 10.8 Å². The number of carbonyl (C=O) groups excluding carboxylic acids is 1. The van der Waals surface area contributed by atoms with Crippen molar-refractivity contribution in [2.75, 3.05) is 26.2 Å². The van der Waals surface area contributed by atoms with Gasteiger partial charge in [-0.05, 0) is 56.2 Å². The Morgan fingerprint density at radius 1 is 1.04 bits per heavy atom. The van der Waals surface area contributed by atoms with Crippen LogP contribution in [0.1, 0.15) is 28.8 Å². The molecule has 1 heterocycles. The van der Waals surface area contributed by atoms with Gasteiger partial charge in [-0.15, -0.1) is 0 Å². The zero-order chi connectivity index (χ0) is 19.3. The molecular formula is C20H24N2O4S. The molecule has 0 aliphatic carbocycles. The van der Waals surface area contributed by atoms with Crippen LogP contribution in [0.4, 0.5) is 0 Å². The quantitative estimate of drug-likeness (QED) is 0.740. The molecule has 1 N–H and O–H groups in total. The van der Waals surface area contributed by atoms with Gasteiger partial charge in [0.25, 0.3) is 5.91 Å². The number of ether oxygens (including phenoxy) is 1. The minimum Gasteiger partial charge on any atom is -0.492 e. The Balaban J connectivity index is 1.50. The van der Waals surface area contributed by atoms with E-state index in [2.05, 4.69) is 5.32 Å². The molecule has 2 aromatic rings. The van der Waals surface area contributed by atoms with Gasteiger partial charge in [0.05, 0.1) is 11.4 Å². The summed E-state index contributed by atoms with van der Waals surface area (Å²) in [5.41, 5.74) is 1.58. The first-order valence-corrected chi connectivity index (χ1v) is 10.5. The minimum atomic E-state index is -3.45. The molecule has 0 unspecified atom stereocenters. The van der Waals surface area contributed by atoms with Crippen molar-refractivity contribution >= 4 is 15.9 Å². The Kier molecular flexibility index (Phi) is 6.13. The second-order valence-electron chi connectivity index (χ2n) is 6.55. The third-order valence-electron chi connectivity index (χ3n) is 4.50. The third-order valence-corrected chi connectivity index (χ3v) is 6.41. The number of nitrogens with zero attached hydrogens (tertiary/aromatic N) is 1. The van der Waals surface area contributed by atoms with Crippen molar-refractivity contribution in [3.05, 3.63) is 59.7 Å². The van der Waals surface area contributed by atoms with E-state index in [0.717, 1.165) is 24.2 Å². The number of aryl methyl sites for hydroxylation is 1. The maximum absolute atomic E-state index is 12.5. The molecule has 0 bridgehead atoms. The lowest BCUT2D eigenvalue weighted by molar-refractivity contribution is 0.0947. The summed E-state index contributed by atoms with van der Waals surface area (Å²) in [5, 5.41) is 2.77. The SMILES string of the molecule is Cc1ccc(OCCNC(=O)c2ccc(S(=O)(=O)N3CCCC3)cc2)cc1. The molecular weight excluding hydrogens is 364 g/mol. The Bertz CT molecular complexity index is 871. The molecule has 0 spiro atoms. The summed E-state index contributed by atoms with van der Waals surface area (Å²) in [6, 6.07) is 13.8. The van der Waals surface area contributed by atoms with Crippen LogP contribution in [0.5, 0.6) is 5.75 Å². The maximum atomic E-state index is 12.5. The van der Waals surface area contributed by atoms with E-state index in [0.29, 0.717) is 31.8 Å². The van der Waals surface area contributed by atoms with E-state index in [1.165, 1.54) is 16.4 Å². The molecule has 1 amide bonds. The Labute approximate surface area is 160 Å². The molecule has 7 heteroatoms. The number of rotatable bonds is 7. The average molecular weight is 388 g/mol. The van der Waals surface area contributed by atoms with Crippen LogP contribution in [0.25, 0.3) is 0 Å². The van der Waals surface area contributed by atoms with Gasteiger partial charge in [0, 0.05) is 18.7 Å². The molecule has 0 saturated carbocycles. The van der Waals surface area contributed by atoms with Crippen molar-refractivity contribution in [3.8, 4) is 5.75 Å². The highest BCUT2D eigenvalue weighted by atomic mass is 32.2. The summed E-state index contributed by atoms with van der Waals surface area (Å²) in [7, 11) is -3.45. The van der Waals surface area contributed by atoms with Gasteiger partial charge in [0.15, 0.2) is 0 Å². The molecule has 27 heavy (non-hydrogen) atoms. The van der Waals surface area contributed by atoms with E-state index in [4.69, 9.17) is 4.74 Å². The molecule has 1 aliphatic heterocycles. The number of carbonyl (C=O) groups is 1. The van der Waals surface area contributed by atoms with Gasteiger partial charge in [-0.25, -0.2) is 8.42 Å². The van der Waals surface area contributed by atoms with Crippen molar-refractivity contribution in [2.24, 2.45) is 0 Å². The van der Waals surface area contributed by atoms with Crippen molar-refractivity contribution in [2.45, 2.75) is 24.7 Å². The monoisotopic (exact) mass is 388 g/mol. The van der Waals surface area contributed by atoms with Crippen LogP contribution in [0.2, 0.25) is 0 Å². The fraction of sp³-hybridized carbons (Fsp3) is 0.350. The average Bonchev–Trinajstić information content (AvgIpc) is 3.22. The lowest BCUT2D eigenvalue weighted by Crippen LogP contribution is -2.29. The molecule has 1 aliphatic rings. The van der Waals surface area contributed by atoms with Crippen LogP contribution >= 0.6 is 0 Å². The van der Waals surface area contributed by atoms with Gasteiger partial charge in [-0.3, -0.25) is 4.79 Å². The molecule has 6 nitrogen and oxygen atoms in total. The zero-order valence-electron chi connectivity index (χ0n) is 15.3. The molecule has 2 aromatic carbocycles. The fourth-order valence-corrected chi connectivity index (χ4v) is 4.44. The third kappa shape index (κ3) is 4.87. The molecule has 3 rings (SSSR count). The number of sulfonamides is 1. The number of hydrogen-bond acceptors (Lipinski definition) is 4. The summed E-state index contributed by atoms with van der Waals surface area (Å²) in [6.45, 7) is 3.85. The van der Waals surface area contributed by atoms with E-state index in [9.17, 15) is 13.2 Å². The summed E-state index contributed by atoms with van der Waals surface area (Å²) in [5.74, 6) is 0.499. The first-order chi connectivity index (χ1) is 13.0. The molecule has 0 radical (unpaired) electrons. The number of amides is 1. The molecule has 144 valence electrons. The maximum Gasteiger partial charge on any atom is 0.251 e. The van der Waals surface area contributed by atoms with Crippen LogP contribution in [-0.4, -0.2) is 44.9 Å². The number of benzene rings is 2. The second-order valence-corrected chi connectivity index (χ2v) is 8.49. The molecule has 0 atom stereocenters. The topological polar surface area (TPSA) is 75.7 Å². The van der Waals surface area contributed by atoms with Crippen LogP contribution in [-0.2, 0) is 10.0 Å². The molecule has 0 aromatic heterocycles. The van der Waals surface area contributed by atoms with Gasteiger partial charge in [0.2, 0.25) is 10.0 Å². The predicted octanol–water partition coefficient (Wildman–Crippen LogP) is 2.59. The normalized spacial score (nSPS) is 14.9. The standard InChI is InChI=1S/C20H24N2O4S/c1-16-4-8-18(9-5-16)26-15-12-21-20(23)17-6-10-19(11-7-17)27(24,25)22-13-2-3-14-22/h4-11H,2-3,12-15H2,1H3,(H,21,23). The number of hydrogen-bond donors (Lipinski definition) is 1. The summed E-state index contributed by atoms with van der Waals surface area (Å²) < 4.78 is 32.0. The first kappa shape index (κ1) is 19.4. The fourth-order valence-electron chi connectivity index (χ4n) is 2.93. The Morgan fingerprint density at radius 2 is 1.67 bits per heavy atom. The van der Waals surface area contributed by atoms with Gasteiger partial charge in [0.1, 0.15) is 12.4 Å². The second kappa shape index (κ2) is 8.54. The van der Waals surface area contributed by atoms with Crippen molar-refractivity contribution in [3.63, 3.8) is 0 Å². The van der Waals surface area contributed by atoms with Crippen molar-refractivity contribution in [1.82, 2.24) is 9.62 Å². The van der Waals surface area contributed by atoms with E-state index >= 15 is 0 Å². The minimum absolute atomic E-state index is 0.226. The Hall–Kier alpha value is -2.38. The van der Waals surface area contributed by atoms with Gasteiger partial charge < -0.3 is 10.1 Å². The summed E-state index contributed by atoms with van der Waals surface area (Å²) >= 11 is 0. The van der Waals surface area contributed by atoms with Gasteiger partial charge in [-0.2, -0.15) is 4.31 Å². The smallest absolute Gasteiger partial charge is 0.251 e. The molecule has 1 fully saturated rings. The van der Waals surface area contributed by atoms with Crippen LogP contribution in [0.15, 0.2) is 53.4 Å². The van der Waals surface area contributed by atoms with E-state index in [1.54, 1.807) is 12.1 Å². The van der Waals surface area contributed by atoms with E-state index < -0.39 is 10.0 Å². The largest absolute Gasteiger partial charge is 0.492 e.